The van der Waals surface area contributed by atoms with Crippen molar-refractivity contribution in [2.75, 3.05) is 18.9 Å². The van der Waals surface area contributed by atoms with Crippen LogP contribution in [0.25, 0.3) is 0 Å². The molecule has 2 aliphatic heterocycles. The zero-order chi connectivity index (χ0) is 20.2. The summed E-state index contributed by atoms with van der Waals surface area (Å²) in [6.07, 6.45) is 3.17. The average molecular weight is 465 g/mol. The lowest BCUT2D eigenvalue weighted by molar-refractivity contribution is -0.137. The minimum Gasteiger partial charge on any atom is -0.472 e. The Morgan fingerprint density at radius 3 is 2.71 bits per heavy atom. The molecule has 3 atom stereocenters. The molecule has 0 bridgehead atoms. The molecule has 1 N–H and O–H groups in total. The molecular formula is C22H28N2O5S2. The van der Waals surface area contributed by atoms with Gasteiger partial charge in [-0.15, -0.1) is 0 Å². The van der Waals surface area contributed by atoms with Crippen molar-refractivity contribution in [1.82, 2.24) is 10.2 Å². The highest BCUT2D eigenvalue weighted by molar-refractivity contribution is 7.98. The Kier molecular flexibility index (Phi) is 9.21. The first kappa shape index (κ1) is 25.0. The first-order valence-corrected chi connectivity index (χ1v) is 10.7. The number of ether oxygens (including phenoxy) is 1. The molecule has 0 radical (unpaired) electrons. The standard InChI is InChI=1S/C21H22N2O5S.CH4.H2S/c24-17-11-28-18-6-8-23(19(17)18)21(26)16(22-20(25)15-7-9-27-10-15)13-29-12-14-4-2-1-3-5-14;;/h1-5,7,9-10,16,18-19H,6,8,11-13H2,(H,22,25);1H4;1H2/t16-,18+,19+;;/m0../s1. The summed E-state index contributed by atoms with van der Waals surface area (Å²) in [5, 5.41) is 2.81. The van der Waals surface area contributed by atoms with Crippen molar-refractivity contribution in [2.45, 2.75) is 37.8 Å². The summed E-state index contributed by atoms with van der Waals surface area (Å²) >= 11 is 1.57. The molecule has 9 heteroatoms. The van der Waals surface area contributed by atoms with Gasteiger partial charge in [0.1, 0.15) is 25.0 Å². The van der Waals surface area contributed by atoms with E-state index in [1.807, 2.05) is 30.3 Å². The maximum Gasteiger partial charge on any atom is 0.255 e. The van der Waals surface area contributed by atoms with Gasteiger partial charge in [-0.1, -0.05) is 37.8 Å². The van der Waals surface area contributed by atoms with E-state index >= 15 is 0 Å². The Hall–Kier alpha value is -2.23. The van der Waals surface area contributed by atoms with Crippen LogP contribution in [0.5, 0.6) is 0 Å². The smallest absolute Gasteiger partial charge is 0.255 e. The van der Waals surface area contributed by atoms with Crippen LogP contribution in [0.4, 0.5) is 0 Å². The van der Waals surface area contributed by atoms with E-state index in [1.54, 1.807) is 22.7 Å². The number of hydrogen-bond acceptors (Lipinski definition) is 6. The largest absolute Gasteiger partial charge is 0.472 e. The number of Topliss-reactive ketones (excluding diaryl/α,β-unsaturated/α-hetero) is 1. The van der Waals surface area contributed by atoms with E-state index in [-0.39, 0.29) is 51.2 Å². The molecule has 2 aromatic rings. The highest BCUT2D eigenvalue weighted by Gasteiger charge is 2.48. The Bertz CT molecular complexity index is 875. The number of carbonyl (C=O) groups is 3. The third-order valence-electron chi connectivity index (χ3n) is 5.18. The first-order valence-electron chi connectivity index (χ1n) is 9.53. The lowest BCUT2D eigenvalue weighted by Gasteiger charge is -2.27. The van der Waals surface area contributed by atoms with Gasteiger partial charge in [0.2, 0.25) is 5.91 Å². The van der Waals surface area contributed by atoms with E-state index in [0.29, 0.717) is 24.3 Å². The molecule has 0 unspecified atom stereocenters. The fourth-order valence-electron chi connectivity index (χ4n) is 3.72. The van der Waals surface area contributed by atoms with E-state index < -0.39 is 12.1 Å². The fourth-order valence-corrected chi connectivity index (χ4v) is 4.73. The second kappa shape index (κ2) is 11.4. The van der Waals surface area contributed by atoms with Gasteiger partial charge in [-0.25, -0.2) is 0 Å². The molecule has 1 aromatic heterocycles. The van der Waals surface area contributed by atoms with Crippen LogP contribution in [0.3, 0.4) is 0 Å². The Morgan fingerprint density at radius 1 is 1.23 bits per heavy atom. The Morgan fingerprint density at radius 2 is 2.00 bits per heavy atom. The summed E-state index contributed by atoms with van der Waals surface area (Å²) in [5.74, 6) is 0.439. The predicted octanol–water partition coefficient (Wildman–Crippen LogP) is 2.63. The number of benzene rings is 1. The molecule has 2 amide bonds. The lowest BCUT2D eigenvalue weighted by atomic mass is 10.1. The summed E-state index contributed by atoms with van der Waals surface area (Å²) in [4.78, 5) is 39.5. The van der Waals surface area contributed by atoms with Crippen LogP contribution in [0, 0.1) is 0 Å². The summed E-state index contributed by atoms with van der Waals surface area (Å²) in [7, 11) is 0. The summed E-state index contributed by atoms with van der Waals surface area (Å²) in [6.45, 7) is 0.509. The number of nitrogens with one attached hydrogen (secondary N) is 1. The summed E-state index contributed by atoms with van der Waals surface area (Å²) < 4.78 is 10.4. The van der Waals surface area contributed by atoms with E-state index in [9.17, 15) is 14.4 Å². The van der Waals surface area contributed by atoms with Gasteiger partial charge in [0, 0.05) is 18.1 Å². The maximum atomic E-state index is 13.2. The van der Waals surface area contributed by atoms with Crippen LogP contribution in [-0.2, 0) is 20.1 Å². The Balaban J connectivity index is 0.00000171. The fraction of sp³-hybridized carbons (Fsp3) is 0.409. The van der Waals surface area contributed by atoms with Gasteiger partial charge in [-0.05, 0) is 18.1 Å². The lowest BCUT2D eigenvalue weighted by Crippen LogP contribution is -2.53. The zero-order valence-corrected chi connectivity index (χ0v) is 18.1. The number of carbonyl (C=O) groups excluding carboxylic acids is 3. The molecule has 31 heavy (non-hydrogen) atoms. The molecule has 7 nitrogen and oxygen atoms in total. The average Bonchev–Trinajstić information content (AvgIpc) is 3.47. The maximum absolute atomic E-state index is 13.2. The molecule has 0 saturated carbocycles. The van der Waals surface area contributed by atoms with Crippen LogP contribution in [0.15, 0.2) is 53.3 Å². The highest BCUT2D eigenvalue weighted by Crippen LogP contribution is 2.28. The van der Waals surface area contributed by atoms with Crippen molar-refractivity contribution in [3.05, 3.63) is 60.1 Å². The van der Waals surface area contributed by atoms with Crippen LogP contribution in [-0.4, -0.2) is 59.6 Å². The SMILES string of the molecule is C.O=C(N[C@@H](CSCc1ccccc1)C(=O)N1CC[C@H]2OCC(=O)[C@H]21)c1ccoc1.S. The number of ketones is 1. The van der Waals surface area contributed by atoms with Gasteiger partial charge in [-0.2, -0.15) is 25.3 Å². The van der Waals surface area contributed by atoms with Crippen molar-refractivity contribution in [3.8, 4) is 0 Å². The van der Waals surface area contributed by atoms with Crippen molar-refractivity contribution in [3.63, 3.8) is 0 Å². The van der Waals surface area contributed by atoms with Crippen LogP contribution in [0.1, 0.15) is 29.8 Å². The molecule has 0 spiro atoms. The summed E-state index contributed by atoms with van der Waals surface area (Å²) in [6, 6.07) is 10.2. The van der Waals surface area contributed by atoms with Crippen LogP contribution < -0.4 is 5.32 Å². The van der Waals surface area contributed by atoms with Gasteiger partial charge in [0.15, 0.2) is 5.78 Å². The highest BCUT2D eigenvalue weighted by atomic mass is 32.2. The second-order valence-corrected chi connectivity index (χ2v) is 8.15. The number of hydrogen-bond donors (Lipinski definition) is 1. The molecule has 2 fully saturated rings. The van der Waals surface area contributed by atoms with Crippen molar-refractivity contribution >= 4 is 42.9 Å². The van der Waals surface area contributed by atoms with Crippen LogP contribution in [0.2, 0.25) is 0 Å². The molecule has 1 aromatic carbocycles. The second-order valence-electron chi connectivity index (χ2n) is 7.12. The van der Waals surface area contributed by atoms with Gasteiger partial charge in [0.25, 0.3) is 5.91 Å². The number of furan rings is 1. The van der Waals surface area contributed by atoms with Crippen molar-refractivity contribution in [2.24, 2.45) is 0 Å². The molecule has 2 aliphatic rings. The topological polar surface area (TPSA) is 88.9 Å². The third-order valence-corrected chi connectivity index (χ3v) is 6.28. The number of likely N-dealkylation sites (tertiary alicyclic amines) is 1. The minimum atomic E-state index is -0.738. The van der Waals surface area contributed by atoms with E-state index in [4.69, 9.17) is 9.15 Å². The van der Waals surface area contributed by atoms with Crippen molar-refractivity contribution in [1.29, 1.82) is 0 Å². The quantitative estimate of drug-likeness (QED) is 0.678. The molecule has 3 heterocycles. The Labute approximate surface area is 193 Å². The number of nitrogens with zero attached hydrogens (tertiary/aromatic N) is 1. The first-order chi connectivity index (χ1) is 14.1. The zero-order valence-electron chi connectivity index (χ0n) is 16.3. The van der Waals surface area contributed by atoms with Gasteiger partial charge in [0.05, 0.1) is 17.9 Å². The molecule has 2 saturated heterocycles. The molecule has 0 aliphatic carbocycles. The van der Waals surface area contributed by atoms with E-state index in [2.05, 4.69) is 5.32 Å². The molecule has 4 rings (SSSR count). The van der Waals surface area contributed by atoms with Gasteiger partial charge in [-0.3, -0.25) is 14.4 Å². The number of thioether (sulfide) groups is 1. The predicted molar refractivity (Wildman–Crippen MR) is 125 cm³/mol. The molecule has 168 valence electrons. The van der Waals surface area contributed by atoms with E-state index in [1.165, 1.54) is 12.5 Å². The third kappa shape index (κ3) is 5.72. The molecular weight excluding hydrogens is 436 g/mol. The van der Waals surface area contributed by atoms with Crippen LogP contribution >= 0.6 is 25.3 Å². The van der Waals surface area contributed by atoms with Gasteiger partial charge < -0.3 is 19.4 Å². The minimum absolute atomic E-state index is 0. The number of fused-ring (bicyclic) bond motifs is 1. The monoisotopic (exact) mass is 464 g/mol. The normalized spacial score (nSPS) is 20.4. The van der Waals surface area contributed by atoms with E-state index in [0.717, 1.165) is 11.3 Å². The summed E-state index contributed by atoms with van der Waals surface area (Å²) in [5.41, 5.74) is 1.50. The number of amides is 2. The van der Waals surface area contributed by atoms with Gasteiger partial charge >= 0.3 is 0 Å². The number of rotatable bonds is 7. The van der Waals surface area contributed by atoms with Crippen molar-refractivity contribution < 1.29 is 23.5 Å².